The zero-order valence-electron chi connectivity index (χ0n) is 9.30. The highest BCUT2D eigenvalue weighted by atomic mass is 32.1. The van der Waals surface area contributed by atoms with Gasteiger partial charge < -0.3 is 9.73 Å². The van der Waals surface area contributed by atoms with Crippen LogP contribution >= 0.6 is 11.3 Å². The largest absolute Gasteiger partial charge is 0.420 e. The molecule has 4 nitrogen and oxygen atoms in total. The second-order valence-electron chi connectivity index (χ2n) is 3.22. The molecule has 17 heavy (non-hydrogen) atoms. The number of thiophene rings is 1. The summed E-state index contributed by atoms with van der Waals surface area (Å²) >= 11 is 1.63. The lowest BCUT2D eigenvalue weighted by molar-refractivity contribution is 0.559. The smallest absolute Gasteiger partial charge is 0.232 e. The van der Waals surface area contributed by atoms with E-state index < -0.39 is 0 Å². The van der Waals surface area contributed by atoms with E-state index in [1.165, 1.54) is 0 Å². The molecular formula is C12H11N3OS. The van der Waals surface area contributed by atoms with Crippen molar-refractivity contribution in [2.45, 2.75) is 6.92 Å². The minimum absolute atomic E-state index is 0.290. The van der Waals surface area contributed by atoms with Gasteiger partial charge in [-0.1, -0.05) is 6.07 Å². The molecule has 2 aromatic rings. The highest BCUT2D eigenvalue weighted by Crippen LogP contribution is 2.19. The summed E-state index contributed by atoms with van der Waals surface area (Å²) in [6.07, 6.45) is 3.67. The molecule has 0 spiro atoms. The Bertz CT molecular complexity index is 549. The van der Waals surface area contributed by atoms with Crippen LogP contribution in [-0.2, 0) is 0 Å². The van der Waals surface area contributed by atoms with Crippen LogP contribution in [0, 0.1) is 11.3 Å². The first-order valence-corrected chi connectivity index (χ1v) is 6.08. The standard InChI is InChI=1S/C12H11N3OS/c1-2-14-12-10(8-13)15-11(16-12)6-5-9-4-3-7-17-9/h3-7,14H,2H2,1H3/b6-5+. The lowest BCUT2D eigenvalue weighted by atomic mass is 10.4. The van der Waals surface area contributed by atoms with E-state index in [2.05, 4.69) is 10.3 Å². The zero-order valence-corrected chi connectivity index (χ0v) is 10.1. The maximum atomic E-state index is 8.88. The molecule has 0 aromatic carbocycles. The maximum Gasteiger partial charge on any atom is 0.232 e. The molecule has 0 bridgehead atoms. The minimum atomic E-state index is 0.290. The lowest BCUT2D eigenvalue weighted by Crippen LogP contribution is -1.96. The normalized spacial score (nSPS) is 10.6. The van der Waals surface area contributed by atoms with Gasteiger partial charge in [-0.25, -0.2) is 0 Å². The van der Waals surface area contributed by atoms with E-state index in [0.29, 0.717) is 18.3 Å². The summed E-state index contributed by atoms with van der Waals surface area (Å²) in [7, 11) is 0. The van der Waals surface area contributed by atoms with E-state index in [-0.39, 0.29) is 5.69 Å². The van der Waals surface area contributed by atoms with Crippen LogP contribution in [0.25, 0.3) is 12.2 Å². The number of nitrogens with one attached hydrogen (secondary N) is 1. The number of oxazole rings is 1. The van der Waals surface area contributed by atoms with Gasteiger partial charge in [0.1, 0.15) is 6.07 Å². The van der Waals surface area contributed by atoms with Gasteiger partial charge in [-0.3, -0.25) is 0 Å². The molecule has 0 atom stereocenters. The average Bonchev–Trinajstić information content (AvgIpc) is 2.95. The summed E-state index contributed by atoms with van der Waals surface area (Å²) in [6, 6.07) is 5.97. The summed E-state index contributed by atoms with van der Waals surface area (Å²) in [6.45, 7) is 2.63. The Kier molecular flexibility index (Phi) is 3.58. The van der Waals surface area contributed by atoms with Gasteiger partial charge in [0.05, 0.1) is 0 Å². The van der Waals surface area contributed by atoms with Crippen LogP contribution in [0.1, 0.15) is 23.4 Å². The van der Waals surface area contributed by atoms with Crippen LogP contribution in [-0.4, -0.2) is 11.5 Å². The minimum Gasteiger partial charge on any atom is -0.420 e. The SMILES string of the molecule is CCNc1oc(/C=C/c2cccs2)nc1C#N. The van der Waals surface area contributed by atoms with Gasteiger partial charge in [-0.2, -0.15) is 10.2 Å². The van der Waals surface area contributed by atoms with E-state index in [0.717, 1.165) is 4.88 Å². The third kappa shape index (κ3) is 2.74. The van der Waals surface area contributed by atoms with Crippen LogP contribution in [0.5, 0.6) is 0 Å². The van der Waals surface area contributed by atoms with Crippen LogP contribution in [0.3, 0.4) is 0 Å². The third-order valence-electron chi connectivity index (χ3n) is 2.02. The number of aromatic nitrogens is 1. The van der Waals surface area contributed by atoms with Gasteiger partial charge in [-0.15, -0.1) is 11.3 Å². The Morgan fingerprint density at radius 2 is 2.47 bits per heavy atom. The van der Waals surface area contributed by atoms with E-state index in [1.54, 1.807) is 17.4 Å². The molecule has 0 unspecified atom stereocenters. The van der Waals surface area contributed by atoms with Crippen LogP contribution < -0.4 is 5.32 Å². The van der Waals surface area contributed by atoms with Crippen LogP contribution in [0.2, 0.25) is 0 Å². The van der Waals surface area contributed by atoms with E-state index in [4.69, 9.17) is 9.68 Å². The van der Waals surface area contributed by atoms with Crippen molar-refractivity contribution in [1.82, 2.24) is 4.98 Å². The predicted octanol–water partition coefficient (Wildman–Crippen LogP) is 3.21. The Hall–Kier alpha value is -2.06. The van der Waals surface area contributed by atoms with Gasteiger partial charge in [0.25, 0.3) is 0 Å². The molecule has 0 saturated heterocycles. The second kappa shape index (κ2) is 5.32. The molecule has 1 N–H and O–H groups in total. The fraction of sp³-hybridized carbons (Fsp3) is 0.167. The second-order valence-corrected chi connectivity index (χ2v) is 4.20. The van der Waals surface area contributed by atoms with Gasteiger partial charge in [0, 0.05) is 17.5 Å². The van der Waals surface area contributed by atoms with Gasteiger partial charge in [-0.05, 0) is 24.4 Å². The summed E-state index contributed by atoms with van der Waals surface area (Å²) in [5.41, 5.74) is 0.290. The molecule has 0 saturated carbocycles. The summed E-state index contributed by atoms with van der Waals surface area (Å²) < 4.78 is 5.42. The summed E-state index contributed by atoms with van der Waals surface area (Å²) in [4.78, 5) is 5.19. The van der Waals surface area contributed by atoms with Gasteiger partial charge >= 0.3 is 0 Å². The Balaban J connectivity index is 2.20. The van der Waals surface area contributed by atoms with Crippen LogP contribution in [0.4, 0.5) is 5.88 Å². The van der Waals surface area contributed by atoms with Crippen molar-refractivity contribution in [3.8, 4) is 6.07 Å². The molecule has 2 rings (SSSR count). The first-order valence-electron chi connectivity index (χ1n) is 5.20. The third-order valence-corrected chi connectivity index (χ3v) is 2.86. The van der Waals surface area contributed by atoms with Crippen molar-refractivity contribution < 1.29 is 4.42 Å². The van der Waals surface area contributed by atoms with Crippen molar-refractivity contribution in [3.63, 3.8) is 0 Å². The highest BCUT2D eigenvalue weighted by molar-refractivity contribution is 7.10. The molecule has 86 valence electrons. The van der Waals surface area contributed by atoms with E-state index >= 15 is 0 Å². The molecule has 2 heterocycles. The first-order chi connectivity index (χ1) is 8.33. The molecule has 2 aromatic heterocycles. The summed E-state index contributed by atoms with van der Waals surface area (Å²) in [5, 5.41) is 13.8. The highest BCUT2D eigenvalue weighted by Gasteiger charge is 2.09. The van der Waals surface area contributed by atoms with E-state index in [1.807, 2.05) is 36.6 Å². The molecule has 0 aliphatic rings. The fourth-order valence-corrected chi connectivity index (χ4v) is 1.92. The fourth-order valence-electron chi connectivity index (χ4n) is 1.30. The Morgan fingerprint density at radius 3 is 3.12 bits per heavy atom. The Morgan fingerprint density at radius 1 is 1.59 bits per heavy atom. The van der Waals surface area contributed by atoms with Crippen molar-refractivity contribution in [2.24, 2.45) is 0 Å². The quantitative estimate of drug-likeness (QED) is 0.898. The predicted molar refractivity (Wildman–Crippen MR) is 68.6 cm³/mol. The van der Waals surface area contributed by atoms with Crippen LogP contribution in [0.15, 0.2) is 21.9 Å². The van der Waals surface area contributed by atoms with E-state index in [9.17, 15) is 0 Å². The number of hydrogen-bond donors (Lipinski definition) is 1. The number of anilines is 1. The molecule has 0 radical (unpaired) electrons. The van der Waals surface area contributed by atoms with Crippen molar-refractivity contribution in [3.05, 3.63) is 34.0 Å². The number of nitrogens with zero attached hydrogens (tertiary/aromatic N) is 2. The zero-order chi connectivity index (χ0) is 12.1. The molecule has 5 heteroatoms. The monoisotopic (exact) mass is 245 g/mol. The molecule has 0 amide bonds. The van der Waals surface area contributed by atoms with Crippen molar-refractivity contribution >= 4 is 29.4 Å². The number of rotatable bonds is 4. The maximum absolute atomic E-state index is 8.88. The first kappa shape index (κ1) is 11.4. The van der Waals surface area contributed by atoms with Crippen molar-refractivity contribution in [2.75, 3.05) is 11.9 Å². The van der Waals surface area contributed by atoms with Crippen molar-refractivity contribution in [1.29, 1.82) is 5.26 Å². The molecule has 0 aliphatic heterocycles. The average molecular weight is 245 g/mol. The number of nitriles is 1. The number of hydrogen-bond acceptors (Lipinski definition) is 5. The van der Waals surface area contributed by atoms with Gasteiger partial charge in [0.2, 0.25) is 17.5 Å². The summed E-state index contributed by atoms with van der Waals surface area (Å²) in [5.74, 6) is 0.867. The lowest BCUT2D eigenvalue weighted by Gasteiger charge is -1.94. The topological polar surface area (TPSA) is 61.9 Å². The molecule has 0 aliphatic carbocycles. The molecule has 0 fully saturated rings. The molecular weight excluding hydrogens is 234 g/mol. The van der Waals surface area contributed by atoms with Gasteiger partial charge in [0.15, 0.2) is 0 Å². The Labute approximate surface area is 103 Å².